The number of carbonyl (C=O) groups excluding carboxylic acids is 1. The third kappa shape index (κ3) is 4.99. The molecule has 3 atom stereocenters. The molecule has 1 aliphatic carbocycles. The van der Waals surface area contributed by atoms with Crippen LogP contribution >= 0.6 is 0 Å². The predicted molar refractivity (Wildman–Crippen MR) is 120 cm³/mol. The molecule has 1 amide bonds. The molecule has 1 N–H and O–H groups in total. The van der Waals surface area contributed by atoms with Crippen molar-refractivity contribution in [3.05, 3.63) is 59.4 Å². The summed E-state index contributed by atoms with van der Waals surface area (Å²) in [5.74, 6) is -0.119. The summed E-state index contributed by atoms with van der Waals surface area (Å²) in [6.07, 6.45) is 4.08. The molecule has 7 heteroatoms. The number of hydrogen-bond acceptors (Lipinski definition) is 3. The Hall–Kier alpha value is -2.25. The Morgan fingerprint density at radius 3 is 2.61 bits per heavy atom. The predicted octanol–water partition coefficient (Wildman–Crippen LogP) is 3.83. The average molecular weight is 445 g/mol. The molecule has 2 aromatic rings. The molecule has 0 bridgehead atoms. The van der Waals surface area contributed by atoms with E-state index in [2.05, 4.69) is 4.72 Å². The van der Waals surface area contributed by atoms with Crippen LogP contribution in [0.15, 0.2) is 42.5 Å². The van der Waals surface area contributed by atoms with Gasteiger partial charge in [0.2, 0.25) is 15.9 Å². The zero-order valence-electron chi connectivity index (χ0n) is 18.0. The van der Waals surface area contributed by atoms with E-state index < -0.39 is 10.0 Å². The second-order valence-electron chi connectivity index (χ2n) is 8.81. The third-order valence-corrected chi connectivity index (χ3v) is 7.14. The van der Waals surface area contributed by atoms with Gasteiger partial charge in [-0.2, -0.15) is 0 Å². The van der Waals surface area contributed by atoms with Gasteiger partial charge < -0.3 is 4.90 Å². The van der Waals surface area contributed by atoms with Gasteiger partial charge in [0.15, 0.2) is 0 Å². The summed E-state index contributed by atoms with van der Waals surface area (Å²) in [6.45, 7) is 3.19. The monoisotopic (exact) mass is 444 g/mol. The van der Waals surface area contributed by atoms with Gasteiger partial charge in [-0.25, -0.2) is 17.5 Å². The smallest absolute Gasteiger partial charge is 0.226 e. The van der Waals surface area contributed by atoms with Crippen molar-refractivity contribution in [2.45, 2.75) is 44.6 Å². The van der Waals surface area contributed by atoms with Crippen LogP contribution in [-0.2, 0) is 14.8 Å². The van der Waals surface area contributed by atoms with Crippen molar-refractivity contribution < 1.29 is 17.6 Å². The highest BCUT2D eigenvalue weighted by atomic mass is 32.2. The summed E-state index contributed by atoms with van der Waals surface area (Å²) in [5.41, 5.74) is 3.52. The number of nitrogens with one attached hydrogen (secondary N) is 1. The van der Waals surface area contributed by atoms with Gasteiger partial charge in [0, 0.05) is 30.6 Å². The van der Waals surface area contributed by atoms with Crippen molar-refractivity contribution in [1.29, 1.82) is 0 Å². The Kier molecular flexibility index (Phi) is 6.17. The van der Waals surface area contributed by atoms with Gasteiger partial charge in [-0.1, -0.05) is 36.4 Å². The van der Waals surface area contributed by atoms with E-state index in [0.29, 0.717) is 25.1 Å². The van der Waals surface area contributed by atoms with Gasteiger partial charge in [0.25, 0.3) is 0 Å². The number of benzene rings is 2. The summed E-state index contributed by atoms with van der Waals surface area (Å²) in [5, 5.41) is 0. The highest BCUT2D eigenvalue weighted by molar-refractivity contribution is 7.88. The summed E-state index contributed by atoms with van der Waals surface area (Å²) in [6, 6.07) is 12.6. The molecular weight excluding hydrogens is 415 g/mol. The normalized spacial score (nSPS) is 24.0. The first kappa shape index (κ1) is 22.0. The highest BCUT2D eigenvalue weighted by Gasteiger charge is 2.47. The van der Waals surface area contributed by atoms with Crippen molar-refractivity contribution in [2.24, 2.45) is 5.92 Å². The first-order chi connectivity index (χ1) is 14.7. The van der Waals surface area contributed by atoms with E-state index in [0.717, 1.165) is 36.0 Å². The van der Waals surface area contributed by atoms with Crippen molar-refractivity contribution in [3.63, 3.8) is 0 Å². The second kappa shape index (κ2) is 8.71. The fraction of sp³-hybridized carbons (Fsp3) is 0.458. The highest BCUT2D eigenvalue weighted by Crippen LogP contribution is 2.52. The number of sulfonamides is 1. The van der Waals surface area contributed by atoms with Gasteiger partial charge >= 0.3 is 0 Å². The fourth-order valence-corrected chi connectivity index (χ4v) is 5.66. The SMILES string of the molecule is Cc1cccc(C2CC2C(=O)N2CCCC(NS(C)(=O)=O)CC2)c1-c1ccccc1F. The van der Waals surface area contributed by atoms with E-state index in [1.807, 2.05) is 36.1 Å². The van der Waals surface area contributed by atoms with Crippen molar-refractivity contribution in [2.75, 3.05) is 19.3 Å². The lowest BCUT2D eigenvalue weighted by atomic mass is 9.91. The molecule has 1 aliphatic heterocycles. The lowest BCUT2D eigenvalue weighted by molar-refractivity contribution is -0.132. The lowest BCUT2D eigenvalue weighted by Crippen LogP contribution is -2.36. The lowest BCUT2D eigenvalue weighted by Gasteiger charge is -2.21. The zero-order chi connectivity index (χ0) is 22.2. The first-order valence-corrected chi connectivity index (χ1v) is 12.7. The number of hydrogen-bond donors (Lipinski definition) is 1. The molecule has 3 unspecified atom stereocenters. The molecule has 166 valence electrons. The number of aryl methyl sites for hydroxylation is 1. The van der Waals surface area contributed by atoms with E-state index in [9.17, 15) is 17.6 Å². The first-order valence-electron chi connectivity index (χ1n) is 10.8. The van der Waals surface area contributed by atoms with Crippen LogP contribution in [0.2, 0.25) is 0 Å². The maximum Gasteiger partial charge on any atom is 0.226 e. The van der Waals surface area contributed by atoms with Crippen molar-refractivity contribution in [3.8, 4) is 11.1 Å². The number of rotatable bonds is 5. The second-order valence-corrected chi connectivity index (χ2v) is 10.6. The Morgan fingerprint density at radius 1 is 1.10 bits per heavy atom. The van der Waals surface area contributed by atoms with E-state index in [1.54, 1.807) is 12.1 Å². The molecule has 2 aliphatic rings. The largest absolute Gasteiger partial charge is 0.342 e. The van der Waals surface area contributed by atoms with Gasteiger partial charge in [0.1, 0.15) is 5.82 Å². The van der Waals surface area contributed by atoms with E-state index in [4.69, 9.17) is 0 Å². The average Bonchev–Trinajstić information content (AvgIpc) is 3.51. The fourth-order valence-electron chi connectivity index (χ4n) is 4.81. The minimum atomic E-state index is -3.25. The minimum Gasteiger partial charge on any atom is -0.342 e. The summed E-state index contributed by atoms with van der Waals surface area (Å²) >= 11 is 0. The third-order valence-electron chi connectivity index (χ3n) is 6.38. The van der Waals surface area contributed by atoms with E-state index >= 15 is 0 Å². The Morgan fingerprint density at radius 2 is 1.87 bits per heavy atom. The molecular formula is C24H29FN2O3S. The van der Waals surface area contributed by atoms with Gasteiger partial charge in [-0.15, -0.1) is 0 Å². The molecule has 1 saturated heterocycles. The van der Waals surface area contributed by atoms with E-state index in [-0.39, 0.29) is 29.6 Å². The van der Waals surface area contributed by atoms with Crippen LogP contribution in [-0.4, -0.2) is 44.6 Å². The molecule has 2 aromatic carbocycles. The quantitative estimate of drug-likeness (QED) is 0.762. The molecule has 5 nitrogen and oxygen atoms in total. The molecule has 1 saturated carbocycles. The molecule has 4 rings (SSSR count). The Bertz CT molecular complexity index is 1090. The van der Waals surface area contributed by atoms with Crippen LogP contribution in [0.25, 0.3) is 11.1 Å². The van der Waals surface area contributed by atoms with Gasteiger partial charge in [-0.3, -0.25) is 4.79 Å². The van der Waals surface area contributed by atoms with Crippen LogP contribution in [0.5, 0.6) is 0 Å². The van der Waals surface area contributed by atoms with E-state index in [1.165, 1.54) is 12.3 Å². The van der Waals surface area contributed by atoms with Crippen LogP contribution in [0.3, 0.4) is 0 Å². The standard InChI is InChI=1S/C24H29FN2O3S/c1-16-7-5-10-18(23(16)19-9-3-4-11-22(19)25)20-15-21(20)24(28)27-13-6-8-17(12-14-27)26-31(2,29)30/h3-5,7,9-11,17,20-21,26H,6,8,12-15H2,1-2H3. The number of likely N-dealkylation sites (tertiary alicyclic amines) is 1. The van der Waals surface area contributed by atoms with Gasteiger partial charge in [0.05, 0.1) is 6.26 Å². The van der Waals surface area contributed by atoms with Crippen LogP contribution in [0.1, 0.15) is 42.7 Å². The maximum absolute atomic E-state index is 14.5. The summed E-state index contributed by atoms with van der Waals surface area (Å²) < 4.78 is 40.3. The molecule has 0 aromatic heterocycles. The van der Waals surface area contributed by atoms with Gasteiger partial charge in [-0.05, 0) is 61.3 Å². The molecule has 2 fully saturated rings. The zero-order valence-corrected chi connectivity index (χ0v) is 18.8. The Balaban J connectivity index is 1.49. The van der Waals surface area contributed by atoms with Crippen LogP contribution < -0.4 is 4.72 Å². The Labute approximate surface area is 183 Å². The summed E-state index contributed by atoms with van der Waals surface area (Å²) in [7, 11) is -3.25. The van der Waals surface area contributed by atoms with Crippen LogP contribution in [0.4, 0.5) is 4.39 Å². The molecule has 1 heterocycles. The number of carbonyl (C=O) groups is 1. The minimum absolute atomic E-state index is 0.0910. The molecule has 31 heavy (non-hydrogen) atoms. The summed E-state index contributed by atoms with van der Waals surface area (Å²) in [4.78, 5) is 15.1. The number of halogens is 1. The number of nitrogens with zero attached hydrogens (tertiary/aromatic N) is 1. The topological polar surface area (TPSA) is 66.5 Å². The van der Waals surface area contributed by atoms with Crippen LogP contribution in [0, 0.1) is 18.7 Å². The maximum atomic E-state index is 14.5. The number of amides is 1. The molecule has 0 radical (unpaired) electrons. The molecule has 0 spiro atoms. The van der Waals surface area contributed by atoms with Crippen molar-refractivity contribution in [1.82, 2.24) is 9.62 Å². The van der Waals surface area contributed by atoms with Crippen molar-refractivity contribution >= 4 is 15.9 Å².